The molecule has 0 fully saturated rings. The molecule has 0 bridgehead atoms. The molecule has 0 aliphatic heterocycles. The Kier molecular flexibility index (Phi) is 7.29. The molecule has 0 aromatic heterocycles. The number of ether oxygens (including phenoxy) is 1. The van der Waals surface area contributed by atoms with E-state index in [1.807, 2.05) is 37.3 Å². The summed E-state index contributed by atoms with van der Waals surface area (Å²) in [7, 11) is 0. The third-order valence-electron chi connectivity index (χ3n) is 3.55. The molecular formula is C19H20Cl2N2O2. The van der Waals surface area contributed by atoms with Crippen molar-refractivity contribution >= 4 is 34.8 Å². The number of rotatable bonds is 7. The molecule has 25 heavy (non-hydrogen) atoms. The van der Waals surface area contributed by atoms with Gasteiger partial charge in [0.2, 0.25) is 0 Å². The maximum absolute atomic E-state index is 12.2. The highest BCUT2D eigenvalue weighted by Gasteiger charge is 2.16. The standard InChI is InChI=1S/C19H20Cl2N2O2/c1-3-16(11-14-7-5-4-6-8-14)22-23-19(24)13(2)25-18-10-9-15(20)12-17(18)21/h4-10,12-13H,3,11H2,1-2H3,(H,23,24)/b22-16-/t13-/m1/s1. The van der Waals surface area contributed by atoms with E-state index in [1.165, 1.54) is 0 Å². The van der Waals surface area contributed by atoms with E-state index in [0.717, 1.165) is 17.7 Å². The van der Waals surface area contributed by atoms with Crippen molar-refractivity contribution in [3.8, 4) is 5.75 Å². The van der Waals surface area contributed by atoms with Gasteiger partial charge in [-0.3, -0.25) is 4.79 Å². The number of carbonyl (C=O) groups excluding carboxylic acids is 1. The topological polar surface area (TPSA) is 50.7 Å². The zero-order chi connectivity index (χ0) is 18.2. The van der Waals surface area contributed by atoms with Crippen LogP contribution in [-0.4, -0.2) is 17.7 Å². The summed E-state index contributed by atoms with van der Waals surface area (Å²) >= 11 is 11.9. The molecule has 2 aromatic rings. The van der Waals surface area contributed by atoms with Gasteiger partial charge in [0.25, 0.3) is 5.91 Å². The highest BCUT2D eigenvalue weighted by molar-refractivity contribution is 6.35. The van der Waals surface area contributed by atoms with Crippen LogP contribution >= 0.6 is 23.2 Å². The van der Waals surface area contributed by atoms with Gasteiger partial charge in [-0.05, 0) is 37.1 Å². The summed E-state index contributed by atoms with van der Waals surface area (Å²) in [5.74, 6) is 0.0581. The van der Waals surface area contributed by atoms with Crippen LogP contribution in [0.4, 0.5) is 0 Å². The van der Waals surface area contributed by atoms with E-state index in [0.29, 0.717) is 22.2 Å². The van der Waals surface area contributed by atoms with Crippen molar-refractivity contribution in [2.45, 2.75) is 32.8 Å². The number of hydrazone groups is 1. The van der Waals surface area contributed by atoms with E-state index in [-0.39, 0.29) is 5.91 Å². The number of hydrogen-bond donors (Lipinski definition) is 1. The number of nitrogens with zero attached hydrogens (tertiary/aromatic N) is 1. The zero-order valence-corrected chi connectivity index (χ0v) is 15.6. The average molecular weight is 379 g/mol. The van der Waals surface area contributed by atoms with Crippen molar-refractivity contribution in [1.29, 1.82) is 0 Å². The lowest BCUT2D eigenvalue weighted by molar-refractivity contribution is -0.127. The van der Waals surface area contributed by atoms with E-state index in [1.54, 1.807) is 25.1 Å². The Labute approximate surface area is 157 Å². The molecule has 0 aliphatic rings. The van der Waals surface area contributed by atoms with Crippen molar-refractivity contribution in [3.05, 3.63) is 64.1 Å². The number of benzene rings is 2. The Morgan fingerprint density at radius 2 is 1.92 bits per heavy atom. The lowest BCUT2D eigenvalue weighted by Crippen LogP contribution is -2.34. The SMILES string of the molecule is CC/C(Cc1ccccc1)=N/NC(=O)[C@@H](C)Oc1ccc(Cl)cc1Cl. The first-order valence-corrected chi connectivity index (χ1v) is 8.76. The first kappa shape index (κ1) is 19.3. The minimum Gasteiger partial charge on any atom is -0.479 e. The van der Waals surface area contributed by atoms with E-state index < -0.39 is 6.10 Å². The Hall–Kier alpha value is -2.04. The quantitative estimate of drug-likeness (QED) is 0.550. The monoisotopic (exact) mass is 378 g/mol. The lowest BCUT2D eigenvalue weighted by atomic mass is 10.1. The van der Waals surface area contributed by atoms with Crippen molar-refractivity contribution in [3.63, 3.8) is 0 Å². The number of hydrogen-bond acceptors (Lipinski definition) is 3. The van der Waals surface area contributed by atoms with Crippen molar-refractivity contribution in [2.24, 2.45) is 5.10 Å². The van der Waals surface area contributed by atoms with Crippen LogP contribution in [0.3, 0.4) is 0 Å². The van der Waals surface area contributed by atoms with Gasteiger partial charge in [-0.15, -0.1) is 0 Å². The van der Waals surface area contributed by atoms with Crippen LogP contribution in [0.15, 0.2) is 53.6 Å². The van der Waals surface area contributed by atoms with Gasteiger partial charge in [-0.1, -0.05) is 60.5 Å². The number of nitrogens with one attached hydrogen (secondary N) is 1. The largest absolute Gasteiger partial charge is 0.479 e. The van der Waals surface area contributed by atoms with E-state index in [4.69, 9.17) is 27.9 Å². The third-order valence-corrected chi connectivity index (χ3v) is 4.08. The van der Waals surface area contributed by atoms with Crippen LogP contribution in [0.5, 0.6) is 5.75 Å². The van der Waals surface area contributed by atoms with Gasteiger partial charge in [0.1, 0.15) is 5.75 Å². The Bertz CT molecular complexity index is 748. The fourth-order valence-electron chi connectivity index (χ4n) is 2.11. The molecule has 2 aromatic carbocycles. The van der Waals surface area contributed by atoms with Gasteiger partial charge in [-0.2, -0.15) is 5.10 Å². The summed E-state index contributed by atoms with van der Waals surface area (Å²) in [5.41, 5.74) is 4.59. The molecule has 0 spiro atoms. The van der Waals surface area contributed by atoms with Crippen LogP contribution in [-0.2, 0) is 11.2 Å². The molecule has 4 nitrogen and oxygen atoms in total. The summed E-state index contributed by atoms with van der Waals surface area (Å²) < 4.78 is 5.57. The zero-order valence-electron chi connectivity index (χ0n) is 14.1. The van der Waals surface area contributed by atoms with Crippen LogP contribution < -0.4 is 10.2 Å². The van der Waals surface area contributed by atoms with E-state index in [2.05, 4.69) is 10.5 Å². The van der Waals surface area contributed by atoms with Gasteiger partial charge < -0.3 is 4.74 Å². The molecular weight excluding hydrogens is 359 g/mol. The summed E-state index contributed by atoms with van der Waals surface area (Å²) in [6.45, 7) is 3.64. The first-order valence-electron chi connectivity index (χ1n) is 8.00. The van der Waals surface area contributed by atoms with Crippen molar-refractivity contribution < 1.29 is 9.53 Å². The molecule has 1 atom stereocenters. The van der Waals surface area contributed by atoms with Crippen LogP contribution in [0.2, 0.25) is 10.0 Å². The predicted molar refractivity (Wildman–Crippen MR) is 103 cm³/mol. The maximum atomic E-state index is 12.2. The summed E-state index contributed by atoms with van der Waals surface area (Å²) in [4.78, 5) is 12.2. The smallest absolute Gasteiger partial charge is 0.280 e. The van der Waals surface area contributed by atoms with Crippen molar-refractivity contribution in [1.82, 2.24) is 5.43 Å². The minimum atomic E-state index is -0.739. The van der Waals surface area contributed by atoms with Gasteiger partial charge in [0, 0.05) is 17.2 Å². The summed E-state index contributed by atoms with van der Waals surface area (Å²) in [6, 6.07) is 14.8. The maximum Gasteiger partial charge on any atom is 0.280 e. The average Bonchev–Trinajstić information content (AvgIpc) is 2.61. The molecule has 0 saturated heterocycles. The Morgan fingerprint density at radius 1 is 1.20 bits per heavy atom. The van der Waals surface area contributed by atoms with Gasteiger partial charge >= 0.3 is 0 Å². The van der Waals surface area contributed by atoms with Gasteiger partial charge in [0.15, 0.2) is 6.10 Å². The second-order valence-corrected chi connectivity index (χ2v) is 6.35. The lowest BCUT2D eigenvalue weighted by Gasteiger charge is -2.14. The van der Waals surface area contributed by atoms with Crippen molar-refractivity contribution in [2.75, 3.05) is 0 Å². The second kappa shape index (κ2) is 9.44. The first-order chi connectivity index (χ1) is 12.0. The fourth-order valence-corrected chi connectivity index (χ4v) is 2.57. The molecule has 0 radical (unpaired) electrons. The number of amides is 1. The second-order valence-electron chi connectivity index (χ2n) is 5.50. The molecule has 0 unspecified atom stereocenters. The highest BCUT2D eigenvalue weighted by Crippen LogP contribution is 2.28. The number of halogens is 2. The highest BCUT2D eigenvalue weighted by atomic mass is 35.5. The molecule has 0 aliphatic carbocycles. The predicted octanol–water partition coefficient (Wildman–Crippen LogP) is 4.89. The normalized spacial score (nSPS) is 12.6. The van der Waals surface area contributed by atoms with Crippen LogP contribution in [0.25, 0.3) is 0 Å². The molecule has 1 amide bonds. The van der Waals surface area contributed by atoms with E-state index in [9.17, 15) is 4.79 Å². The molecule has 0 saturated carbocycles. The molecule has 132 valence electrons. The summed E-state index contributed by atoms with van der Waals surface area (Å²) in [5, 5.41) is 5.08. The fraction of sp³-hybridized carbons (Fsp3) is 0.263. The Balaban J connectivity index is 1.95. The third kappa shape index (κ3) is 6.07. The molecule has 2 rings (SSSR count). The molecule has 6 heteroatoms. The van der Waals surface area contributed by atoms with E-state index >= 15 is 0 Å². The molecule has 0 heterocycles. The number of carbonyl (C=O) groups is 1. The Morgan fingerprint density at radius 3 is 2.56 bits per heavy atom. The van der Waals surface area contributed by atoms with Gasteiger partial charge in [-0.25, -0.2) is 5.43 Å². The van der Waals surface area contributed by atoms with Crippen LogP contribution in [0, 0.1) is 0 Å². The molecule has 1 N–H and O–H groups in total. The summed E-state index contributed by atoms with van der Waals surface area (Å²) in [6.07, 6.45) is 0.695. The van der Waals surface area contributed by atoms with Crippen LogP contribution in [0.1, 0.15) is 25.8 Å². The van der Waals surface area contributed by atoms with Gasteiger partial charge in [0.05, 0.1) is 5.02 Å². The minimum absolute atomic E-state index is 0.343.